The lowest BCUT2D eigenvalue weighted by atomic mass is 10.0. The van der Waals surface area contributed by atoms with Crippen LogP contribution >= 0.6 is 0 Å². The molecule has 94 valence electrons. The Balaban J connectivity index is 1.66. The first-order valence-electron chi connectivity index (χ1n) is 6.79. The van der Waals surface area contributed by atoms with Crippen LogP contribution in [0.1, 0.15) is 36.0 Å². The van der Waals surface area contributed by atoms with Gasteiger partial charge in [0.15, 0.2) is 0 Å². The number of nitrogens with zero attached hydrogens (tertiary/aromatic N) is 1. The normalized spacial score (nSPS) is 10.5. The van der Waals surface area contributed by atoms with Gasteiger partial charge < -0.3 is 0 Å². The van der Waals surface area contributed by atoms with Crippen LogP contribution in [0.3, 0.4) is 0 Å². The third kappa shape index (κ3) is 3.99. The summed E-state index contributed by atoms with van der Waals surface area (Å²) < 4.78 is 0. The molecule has 0 saturated heterocycles. The van der Waals surface area contributed by atoms with E-state index in [9.17, 15) is 0 Å². The number of hydrogen-bond acceptors (Lipinski definition) is 1. The molecule has 0 aliphatic heterocycles. The van der Waals surface area contributed by atoms with E-state index in [4.69, 9.17) is 0 Å². The molecular weight excluding hydrogens is 218 g/mol. The van der Waals surface area contributed by atoms with E-state index in [1.54, 1.807) is 0 Å². The quantitative estimate of drug-likeness (QED) is 0.683. The zero-order chi connectivity index (χ0) is 12.6. The molecule has 0 atom stereocenters. The average Bonchev–Trinajstić information content (AvgIpc) is 2.42. The number of aryl methyl sites for hydroxylation is 3. The molecule has 2 aromatic rings. The lowest BCUT2D eigenvalue weighted by Gasteiger charge is -2.05. The van der Waals surface area contributed by atoms with Crippen molar-refractivity contribution in [1.29, 1.82) is 0 Å². The highest BCUT2D eigenvalue weighted by molar-refractivity contribution is 5.21. The van der Waals surface area contributed by atoms with E-state index in [-0.39, 0.29) is 0 Å². The zero-order valence-electron chi connectivity index (χ0n) is 11.1. The molecule has 1 aromatic carbocycles. The van der Waals surface area contributed by atoms with Gasteiger partial charge in [-0.2, -0.15) is 0 Å². The van der Waals surface area contributed by atoms with Crippen LogP contribution in [-0.2, 0) is 12.8 Å². The molecule has 0 aliphatic carbocycles. The Labute approximate surface area is 110 Å². The minimum absolute atomic E-state index is 1.18. The average molecular weight is 239 g/mol. The first-order chi connectivity index (χ1) is 8.86. The van der Waals surface area contributed by atoms with Gasteiger partial charge in [0.1, 0.15) is 0 Å². The minimum Gasteiger partial charge on any atom is -0.264 e. The van der Waals surface area contributed by atoms with E-state index < -0.39 is 0 Å². The van der Waals surface area contributed by atoms with Gasteiger partial charge in [-0.1, -0.05) is 36.8 Å². The van der Waals surface area contributed by atoms with Crippen molar-refractivity contribution in [2.75, 3.05) is 0 Å². The van der Waals surface area contributed by atoms with E-state index in [1.165, 1.54) is 48.8 Å². The van der Waals surface area contributed by atoms with Crippen molar-refractivity contribution in [3.05, 3.63) is 65.5 Å². The van der Waals surface area contributed by atoms with Crippen LogP contribution in [0.25, 0.3) is 0 Å². The summed E-state index contributed by atoms with van der Waals surface area (Å²) in [6, 6.07) is 12.9. The molecule has 0 radical (unpaired) electrons. The lowest BCUT2D eigenvalue weighted by Crippen LogP contribution is -1.92. The largest absolute Gasteiger partial charge is 0.264 e. The van der Waals surface area contributed by atoms with E-state index in [2.05, 4.69) is 48.3 Å². The van der Waals surface area contributed by atoms with Gasteiger partial charge in [0.25, 0.3) is 0 Å². The summed E-state index contributed by atoms with van der Waals surface area (Å²) in [6.07, 6.45) is 10.1. The molecule has 1 heterocycles. The topological polar surface area (TPSA) is 12.9 Å². The predicted molar refractivity (Wildman–Crippen MR) is 76.7 cm³/mol. The molecule has 0 fully saturated rings. The smallest absolute Gasteiger partial charge is 0.0299 e. The summed E-state index contributed by atoms with van der Waals surface area (Å²) in [5, 5.41) is 0. The van der Waals surface area contributed by atoms with Crippen LogP contribution < -0.4 is 0 Å². The Morgan fingerprint density at radius 1 is 0.889 bits per heavy atom. The van der Waals surface area contributed by atoms with Gasteiger partial charge in [0.2, 0.25) is 0 Å². The Kier molecular flexibility index (Phi) is 4.95. The van der Waals surface area contributed by atoms with Gasteiger partial charge in [-0.05, 0) is 55.4 Å². The van der Waals surface area contributed by atoms with Crippen molar-refractivity contribution in [3.8, 4) is 0 Å². The minimum atomic E-state index is 1.18. The van der Waals surface area contributed by atoms with Crippen molar-refractivity contribution in [2.45, 2.75) is 39.0 Å². The Morgan fingerprint density at radius 3 is 2.44 bits per heavy atom. The fourth-order valence-corrected chi connectivity index (χ4v) is 2.25. The van der Waals surface area contributed by atoms with Crippen LogP contribution in [0.2, 0.25) is 0 Å². The molecule has 1 aromatic heterocycles. The first-order valence-corrected chi connectivity index (χ1v) is 6.79. The van der Waals surface area contributed by atoms with Gasteiger partial charge in [0, 0.05) is 12.4 Å². The van der Waals surface area contributed by atoms with Crippen LogP contribution in [0.5, 0.6) is 0 Å². The molecule has 1 heteroatoms. The van der Waals surface area contributed by atoms with Gasteiger partial charge in [0.05, 0.1) is 0 Å². The van der Waals surface area contributed by atoms with E-state index in [0.717, 1.165) is 0 Å². The molecule has 0 saturated carbocycles. The van der Waals surface area contributed by atoms with Crippen molar-refractivity contribution in [1.82, 2.24) is 4.98 Å². The predicted octanol–water partition coefficient (Wildman–Crippen LogP) is 4.35. The van der Waals surface area contributed by atoms with E-state index in [1.807, 2.05) is 12.4 Å². The highest BCUT2D eigenvalue weighted by atomic mass is 14.6. The molecule has 18 heavy (non-hydrogen) atoms. The van der Waals surface area contributed by atoms with Crippen molar-refractivity contribution in [3.63, 3.8) is 0 Å². The van der Waals surface area contributed by atoms with Crippen LogP contribution in [-0.4, -0.2) is 4.98 Å². The second kappa shape index (κ2) is 6.95. The first kappa shape index (κ1) is 12.8. The van der Waals surface area contributed by atoms with Gasteiger partial charge >= 0.3 is 0 Å². The van der Waals surface area contributed by atoms with Gasteiger partial charge in [-0.25, -0.2) is 0 Å². The van der Waals surface area contributed by atoms with Crippen LogP contribution in [0.15, 0.2) is 48.8 Å². The van der Waals surface area contributed by atoms with E-state index >= 15 is 0 Å². The summed E-state index contributed by atoms with van der Waals surface area (Å²) in [5.41, 5.74) is 4.22. The standard InChI is InChI=1S/C17H21N/c1-15-14-18-13-12-17(15)11-7-3-6-10-16-8-4-2-5-9-16/h2,4-5,8-9,12-14H,3,6-7,10-11H2,1H3. The summed E-state index contributed by atoms with van der Waals surface area (Å²) in [6.45, 7) is 2.15. The zero-order valence-corrected chi connectivity index (χ0v) is 11.1. The summed E-state index contributed by atoms with van der Waals surface area (Å²) in [5.74, 6) is 0. The molecule has 0 bridgehead atoms. The summed E-state index contributed by atoms with van der Waals surface area (Å²) in [7, 11) is 0. The SMILES string of the molecule is Cc1cnccc1CCCCCc1ccccc1. The molecular formula is C17H21N. The Hall–Kier alpha value is -1.63. The Morgan fingerprint density at radius 2 is 1.67 bits per heavy atom. The third-order valence-corrected chi connectivity index (χ3v) is 3.39. The molecule has 2 rings (SSSR count). The number of benzene rings is 1. The fraction of sp³-hybridized carbons (Fsp3) is 0.353. The third-order valence-electron chi connectivity index (χ3n) is 3.39. The molecule has 0 aliphatic rings. The van der Waals surface area contributed by atoms with E-state index in [0.29, 0.717) is 0 Å². The molecule has 0 N–H and O–H groups in total. The highest BCUT2D eigenvalue weighted by Crippen LogP contribution is 2.12. The number of pyridine rings is 1. The molecule has 0 unspecified atom stereocenters. The Bertz CT molecular complexity index is 462. The second-order valence-corrected chi connectivity index (χ2v) is 4.85. The second-order valence-electron chi connectivity index (χ2n) is 4.85. The van der Waals surface area contributed by atoms with Crippen LogP contribution in [0, 0.1) is 6.92 Å². The maximum absolute atomic E-state index is 4.13. The monoisotopic (exact) mass is 239 g/mol. The highest BCUT2D eigenvalue weighted by Gasteiger charge is 1.98. The van der Waals surface area contributed by atoms with Crippen molar-refractivity contribution >= 4 is 0 Å². The number of rotatable bonds is 6. The fourth-order valence-electron chi connectivity index (χ4n) is 2.25. The van der Waals surface area contributed by atoms with Crippen molar-refractivity contribution < 1.29 is 0 Å². The molecule has 0 spiro atoms. The number of unbranched alkanes of at least 4 members (excludes halogenated alkanes) is 2. The van der Waals surface area contributed by atoms with Gasteiger partial charge in [-0.3, -0.25) is 4.98 Å². The van der Waals surface area contributed by atoms with Crippen molar-refractivity contribution in [2.24, 2.45) is 0 Å². The lowest BCUT2D eigenvalue weighted by molar-refractivity contribution is 0.676. The number of aromatic nitrogens is 1. The van der Waals surface area contributed by atoms with Crippen LogP contribution in [0.4, 0.5) is 0 Å². The summed E-state index contributed by atoms with van der Waals surface area (Å²) in [4.78, 5) is 4.13. The number of hydrogen-bond donors (Lipinski definition) is 0. The maximum atomic E-state index is 4.13. The summed E-state index contributed by atoms with van der Waals surface area (Å²) >= 11 is 0. The maximum Gasteiger partial charge on any atom is 0.0299 e. The van der Waals surface area contributed by atoms with Gasteiger partial charge in [-0.15, -0.1) is 0 Å². The molecule has 1 nitrogen and oxygen atoms in total. The molecule has 0 amide bonds.